The van der Waals surface area contributed by atoms with Gasteiger partial charge in [-0.2, -0.15) is 0 Å². The molecule has 0 aromatic carbocycles. The third-order valence-electron chi connectivity index (χ3n) is 0.949. The van der Waals surface area contributed by atoms with E-state index in [0.717, 1.165) is 0 Å². The minimum Gasteiger partial charge on any atom is -1.00 e. The van der Waals surface area contributed by atoms with Gasteiger partial charge in [0.2, 0.25) is 0 Å². The van der Waals surface area contributed by atoms with Crippen molar-refractivity contribution in [3.63, 3.8) is 0 Å². The minimum absolute atomic E-state index is 0. The fourth-order valence-electron chi connectivity index (χ4n) is 0.576. The van der Waals surface area contributed by atoms with Crippen LogP contribution in [-0.4, -0.2) is 58.8 Å². The molecule has 1 rings (SSSR count). The molecule has 0 aliphatic carbocycles. The molecule has 0 spiro atoms. The van der Waals surface area contributed by atoms with Gasteiger partial charge in [-0.15, -0.1) is 0 Å². The number of carbonyl (C=O) groups is 1. The van der Waals surface area contributed by atoms with Crippen LogP contribution >= 0.6 is 0 Å². The molecule has 0 aliphatic heterocycles. The summed E-state index contributed by atoms with van der Waals surface area (Å²) >= 11 is 0. The van der Waals surface area contributed by atoms with Crippen LogP contribution in [0, 0.1) is 0 Å². The molecule has 0 amide bonds. The van der Waals surface area contributed by atoms with E-state index < -0.39 is 5.97 Å². The molecule has 1 aromatic rings. The normalized spacial score (nSPS) is 8.36. The molecule has 1 N–H and O–H groups in total. The summed E-state index contributed by atoms with van der Waals surface area (Å²) in [6, 6.07) is 0. The average molecular weight is 180 g/mol. The maximum Gasteiger partial charge on any atom is 2.00 e. The first-order chi connectivity index (χ1) is 4.79. The first-order valence-corrected chi connectivity index (χ1v) is 2.76. The molecular formula is C6H8CaN2O2. The van der Waals surface area contributed by atoms with E-state index in [0.29, 0.717) is 5.69 Å². The van der Waals surface area contributed by atoms with Gasteiger partial charge in [-0.3, -0.25) is 14.8 Å². The molecular weight excluding hydrogens is 172 g/mol. The number of aromatic nitrogens is 2. The van der Waals surface area contributed by atoms with E-state index in [-0.39, 0.29) is 47.0 Å². The molecule has 5 heteroatoms. The van der Waals surface area contributed by atoms with Gasteiger partial charge in [0.15, 0.2) is 0 Å². The molecule has 0 aliphatic rings. The smallest absolute Gasteiger partial charge is 1.00 e. The van der Waals surface area contributed by atoms with Crippen molar-refractivity contribution < 1.29 is 12.8 Å². The minimum atomic E-state index is -0.888. The molecule has 1 heterocycles. The second-order valence-corrected chi connectivity index (χ2v) is 1.77. The topological polar surface area (TPSA) is 63.1 Å². The van der Waals surface area contributed by atoms with Crippen LogP contribution in [0.1, 0.15) is 8.55 Å². The zero-order valence-electron chi connectivity index (χ0n) is 7.90. The van der Waals surface area contributed by atoms with Crippen molar-refractivity contribution in [3.05, 3.63) is 24.3 Å². The number of aliphatic carboxylic acids is 1. The number of nitrogens with zero attached hydrogens (tertiary/aromatic N) is 2. The van der Waals surface area contributed by atoms with Gasteiger partial charge in [-0.05, 0) is 0 Å². The summed E-state index contributed by atoms with van der Waals surface area (Å²) in [4.78, 5) is 17.6. The molecule has 0 saturated carbocycles. The van der Waals surface area contributed by atoms with Crippen LogP contribution in [0.25, 0.3) is 0 Å². The van der Waals surface area contributed by atoms with Gasteiger partial charge in [0.25, 0.3) is 0 Å². The summed E-state index contributed by atoms with van der Waals surface area (Å²) in [6.07, 6.45) is 4.35. The predicted octanol–water partition coefficient (Wildman–Crippen LogP) is -0.0521. The third kappa shape index (κ3) is 4.29. The van der Waals surface area contributed by atoms with Crippen LogP contribution in [0.2, 0.25) is 0 Å². The predicted molar refractivity (Wildman–Crippen MR) is 41.3 cm³/mol. The second-order valence-electron chi connectivity index (χ2n) is 1.77. The summed E-state index contributed by atoms with van der Waals surface area (Å²) in [5.74, 6) is -0.888. The Morgan fingerprint density at radius 3 is 2.82 bits per heavy atom. The Hall–Kier alpha value is -0.190. The maximum absolute atomic E-state index is 10.1. The van der Waals surface area contributed by atoms with Crippen molar-refractivity contribution in [3.8, 4) is 0 Å². The van der Waals surface area contributed by atoms with Gasteiger partial charge in [-0.1, -0.05) is 0 Å². The van der Waals surface area contributed by atoms with Crippen molar-refractivity contribution in [2.24, 2.45) is 0 Å². The first kappa shape index (κ1) is 10.8. The van der Waals surface area contributed by atoms with Crippen LogP contribution in [0.5, 0.6) is 0 Å². The van der Waals surface area contributed by atoms with Crippen molar-refractivity contribution in [1.82, 2.24) is 9.97 Å². The Labute approximate surface area is 96.6 Å². The first-order valence-electron chi connectivity index (χ1n) is 2.76. The standard InChI is InChI=1S/C6H6N2O2.Ca.2H/c9-6(10)3-5-4-7-1-2-8-5;;;/h1-2,4H,3H2,(H,9,10);;;/q;+2;2*-1. The van der Waals surface area contributed by atoms with Gasteiger partial charge in [0, 0.05) is 18.6 Å². The van der Waals surface area contributed by atoms with E-state index >= 15 is 0 Å². The molecule has 0 bridgehead atoms. The molecule has 0 unspecified atom stereocenters. The Morgan fingerprint density at radius 1 is 1.64 bits per heavy atom. The fraction of sp³-hybridized carbons (Fsp3) is 0.167. The summed E-state index contributed by atoms with van der Waals surface area (Å²) in [5, 5.41) is 8.30. The average Bonchev–Trinajstić information content (AvgIpc) is 1.88. The Kier molecular flexibility index (Phi) is 5.36. The molecule has 0 radical (unpaired) electrons. The van der Waals surface area contributed by atoms with Crippen molar-refractivity contribution in [2.75, 3.05) is 0 Å². The molecule has 11 heavy (non-hydrogen) atoms. The number of rotatable bonds is 2. The quantitative estimate of drug-likeness (QED) is 0.648. The summed E-state index contributed by atoms with van der Waals surface area (Å²) in [6.45, 7) is 0. The SMILES string of the molecule is O=C(O)Cc1cnccn1.[Ca+2].[H-].[H-]. The number of carboxylic acid groups (broad SMARTS) is 1. The zero-order valence-corrected chi connectivity index (χ0v) is 8.10. The van der Waals surface area contributed by atoms with E-state index in [2.05, 4.69) is 9.97 Å². The number of hydrogen-bond acceptors (Lipinski definition) is 3. The van der Waals surface area contributed by atoms with E-state index in [1.54, 1.807) is 0 Å². The van der Waals surface area contributed by atoms with Gasteiger partial charge < -0.3 is 7.96 Å². The van der Waals surface area contributed by atoms with Crippen LogP contribution in [0.15, 0.2) is 18.6 Å². The van der Waals surface area contributed by atoms with Crippen molar-refractivity contribution in [2.45, 2.75) is 6.42 Å². The van der Waals surface area contributed by atoms with Crippen LogP contribution < -0.4 is 0 Å². The van der Waals surface area contributed by atoms with Crippen LogP contribution in [0.3, 0.4) is 0 Å². The Bertz CT molecular complexity index is 235. The van der Waals surface area contributed by atoms with Crippen molar-refractivity contribution in [1.29, 1.82) is 0 Å². The number of hydrogen-bond donors (Lipinski definition) is 1. The third-order valence-corrected chi connectivity index (χ3v) is 0.949. The van der Waals surface area contributed by atoms with E-state index in [4.69, 9.17) is 5.11 Å². The summed E-state index contributed by atoms with van der Waals surface area (Å²) in [5.41, 5.74) is 0.481. The van der Waals surface area contributed by atoms with Gasteiger partial charge in [0.1, 0.15) is 0 Å². The number of carboxylic acids is 1. The molecule has 0 saturated heterocycles. The fourth-order valence-corrected chi connectivity index (χ4v) is 0.576. The molecule has 4 nitrogen and oxygen atoms in total. The largest absolute Gasteiger partial charge is 2.00 e. The van der Waals surface area contributed by atoms with Gasteiger partial charge in [-0.25, -0.2) is 0 Å². The monoisotopic (exact) mass is 180 g/mol. The Morgan fingerprint density at radius 2 is 2.36 bits per heavy atom. The Balaban J connectivity index is -0.000000333. The summed E-state index contributed by atoms with van der Waals surface area (Å²) in [7, 11) is 0. The molecule has 0 fully saturated rings. The van der Waals surface area contributed by atoms with Crippen LogP contribution in [-0.2, 0) is 11.2 Å². The van der Waals surface area contributed by atoms with E-state index in [1.807, 2.05) is 0 Å². The zero-order chi connectivity index (χ0) is 7.40. The maximum atomic E-state index is 10.1. The molecule has 56 valence electrons. The molecule has 0 atom stereocenters. The van der Waals surface area contributed by atoms with Crippen molar-refractivity contribution >= 4 is 43.7 Å². The van der Waals surface area contributed by atoms with Gasteiger partial charge in [0.05, 0.1) is 12.1 Å². The van der Waals surface area contributed by atoms with E-state index in [9.17, 15) is 4.79 Å². The van der Waals surface area contributed by atoms with Gasteiger partial charge >= 0.3 is 43.7 Å². The summed E-state index contributed by atoms with van der Waals surface area (Å²) < 4.78 is 0. The second kappa shape index (κ2) is 5.46. The van der Waals surface area contributed by atoms with Crippen LogP contribution in [0.4, 0.5) is 0 Å². The van der Waals surface area contributed by atoms with E-state index in [1.165, 1.54) is 18.6 Å². The molecule has 1 aromatic heterocycles.